The van der Waals surface area contributed by atoms with Crippen molar-refractivity contribution in [3.63, 3.8) is 0 Å². The fourth-order valence-corrected chi connectivity index (χ4v) is 0. The highest BCUT2D eigenvalue weighted by Gasteiger charge is 2.56. The van der Waals surface area contributed by atoms with E-state index in [0.29, 0.717) is 0 Å². The van der Waals surface area contributed by atoms with Crippen molar-refractivity contribution >= 4 is 23.2 Å². The molecule has 0 bridgehead atoms. The molecule has 0 unspecified atom stereocenters. The molecule has 0 aromatic carbocycles. The smallest absolute Gasteiger partial charge is 0.177 e. The number of alkyl halides is 12. The Bertz CT molecular complexity index is 155. The minimum Gasteiger partial charge on any atom is -0.177 e. The third kappa shape index (κ3) is 7.20. The topological polar surface area (TPSA) is 0 Å². The normalized spacial score (nSPS) is 14.2. The molecule has 0 aliphatic heterocycles. The first-order chi connectivity index (χ1) is 6.50. The largest absolute Gasteiger partial charge is 0.469 e. The van der Waals surface area contributed by atoms with E-state index in [0.717, 1.165) is 0 Å². The zero-order valence-corrected chi connectivity index (χ0v) is 8.05. The maximum Gasteiger partial charge on any atom is 0.469 e. The molecule has 0 heterocycles. The SMILES string of the molecule is FC(F)(F)C(F)(F)Cl.FC(F)(F)C(F)(F)Cl. The van der Waals surface area contributed by atoms with Gasteiger partial charge in [-0.3, -0.25) is 0 Å². The van der Waals surface area contributed by atoms with Crippen LogP contribution in [0.1, 0.15) is 0 Å². The molecule has 0 nitrogen and oxygen atoms in total. The second-order valence-corrected chi connectivity index (χ2v) is 2.94. The van der Waals surface area contributed by atoms with Gasteiger partial charge in [0.25, 0.3) is 0 Å². The number of hydrogen-bond acceptors (Lipinski definition) is 0. The van der Waals surface area contributed by atoms with Gasteiger partial charge in [0, 0.05) is 0 Å². The van der Waals surface area contributed by atoms with E-state index in [1.807, 2.05) is 0 Å². The second kappa shape index (κ2) is 5.03. The molecule has 16 heavy (non-hydrogen) atoms. The Balaban J connectivity index is 0. The molecule has 0 aliphatic carbocycles. The predicted octanol–water partition coefficient (Wildman–Crippen LogP) is 4.76. The molecule has 0 saturated carbocycles. The quantitative estimate of drug-likeness (QED) is 0.447. The summed E-state index contributed by atoms with van der Waals surface area (Å²) in [5.74, 6) is 0. The summed E-state index contributed by atoms with van der Waals surface area (Å²) in [5.41, 5.74) is 0. The van der Waals surface area contributed by atoms with Crippen molar-refractivity contribution in [3.05, 3.63) is 0 Å². The van der Waals surface area contributed by atoms with E-state index in [-0.39, 0.29) is 0 Å². The zero-order valence-electron chi connectivity index (χ0n) is 6.54. The lowest BCUT2D eigenvalue weighted by atomic mass is 10.7. The maximum absolute atomic E-state index is 10.9. The summed E-state index contributed by atoms with van der Waals surface area (Å²) in [6, 6.07) is 0. The highest BCUT2D eigenvalue weighted by atomic mass is 35.5. The first kappa shape index (κ1) is 18.3. The van der Waals surface area contributed by atoms with Crippen LogP contribution in [-0.4, -0.2) is 23.1 Å². The first-order valence-electron chi connectivity index (χ1n) is 2.77. The first-order valence-corrected chi connectivity index (χ1v) is 3.52. The Morgan fingerprint density at radius 3 is 0.500 bits per heavy atom. The molecule has 0 N–H and O–H groups in total. The Hall–Kier alpha value is -0.120. The van der Waals surface area contributed by atoms with E-state index >= 15 is 0 Å². The molecule has 100 valence electrons. The van der Waals surface area contributed by atoms with Gasteiger partial charge in [0.1, 0.15) is 0 Å². The van der Waals surface area contributed by atoms with E-state index in [4.69, 9.17) is 0 Å². The standard InChI is InChI=1S/2C2ClF5/c2*3-1(4,5)2(6,7)8. The molecule has 0 spiro atoms. The Labute approximate surface area is 91.1 Å². The van der Waals surface area contributed by atoms with Gasteiger partial charge in [-0.05, 0) is 23.2 Å². The van der Waals surface area contributed by atoms with Gasteiger partial charge in [0.15, 0.2) is 0 Å². The van der Waals surface area contributed by atoms with Crippen molar-refractivity contribution in [1.29, 1.82) is 0 Å². The summed E-state index contributed by atoms with van der Waals surface area (Å²) in [4.78, 5) is 0. The second-order valence-electron chi connectivity index (χ2n) is 1.99. The van der Waals surface area contributed by atoms with Crippen LogP contribution in [0.3, 0.4) is 0 Å². The summed E-state index contributed by atoms with van der Waals surface area (Å²) < 4.78 is 108. The summed E-state index contributed by atoms with van der Waals surface area (Å²) in [6.45, 7) is 0. The molecular formula is C4Cl2F10. The Kier molecular flexibility index (Phi) is 5.73. The average Bonchev–Trinajstić information content (AvgIpc) is 1.77. The lowest BCUT2D eigenvalue weighted by molar-refractivity contribution is -0.242. The molecular weight excluding hydrogens is 309 g/mol. The van der Waals surface area contributed by atoms with Crippen molar-refractivity contribution < 1.29 is 43.9 Å². The minimum absolute atomic E-state index is 3.55. The molecule has 0 rings (SSSR count). The summed E-state index contributed by atoms with van der Waals surface area (Å²) in [6.07, 6.45) is -11.3. The van der Waals surface area contributed by atoms with Gasteiger partial charge in [0.05, 0.1) is 0 Å². The zero-order chi connectivity index (χ0) is 14.0. The lowest BCUT2D eigenvalue weighted by Crippen LogP contribution is -2.29. The van der Waals surface area contributed by atoms with Gasteiger partial charge in [-0.1, -0.05) is 0 Å². The van der Waals surface area contributed by atoms with Crippen molar-refractivity contribution in [1.82, 2.24) is 0 Å². The third-order valence-electron chi connectivity index (χ3n) is 0.643. The van der Waals surface area contributed by atoms with Crippen LogP contribution in [0.2, 0.25) is 0 Å². The van der Waals surface area contributed by atoms with Gasteiger partial charge in [-0.15, -0.1) is 0 Å². The molecule has 0 aliphatic rings. The number of rotatable bonds is 0. The van der Waals surface area contributed by atoms with Gasteiger partial charge in [-0.2, -0.15) is 43.9 Å². The van der Waals surface area contributed by atoms with Crippen LogP contribution >= 0.6 is 23.2 Å². The molecule has 0 radical (unpaired) electrons. The summed E-state index contributed by atoms with van der Waals surface area (Å²) >= 11 is 7.10. The molecule has 0 aromatic heterocycles. The van der Waals surface area contributed by atoms with E-state index in [1.165, 1.54) is 0 Å². The van der Waals surface area contributed by atoms with Gasteiger partial charge < -0.3 is 0 Å². The van der Waals surface area contributed by atoms with Crippen LogP contribution in [-0.2, 0) is 0 Å². The van der Waals surface area contributed by atoms with Crippen LogP contribution in [0.25, 0.3) is 0 Å². The maximum atomic E-state index is 10.9. The predicted molar refractivity (Wildman–Crippen MR) is 33.7 cm³/mol. The molecule has 0 atom stereocenters. The van der Waals surface area contributed by atoms with Crippen LogP contribution in [0.15, 0.2) is 0 Å². The van der Waals surface area contributed by atoms with Gasteiger partial charge >= 0.3 is 23.1 Å². The summed E-state index contributed by atoms with van der Waals surface area (Å²) in [5, 5.41) is -10.2. The van der Waals surface area contributed by atoms with Gasteiger partial charge in [0.2, 0.25) is 0 Å². The van der Waals surface area contributed by atoms with Crippen LogP contribution < -0.4 is 0 Å². The number of halogens is 12. The van der Waals surface area contributed by atoms with Gasteiger partial charge in [-0.25, -0.2) is 0 Å². The molecule has 0 amide bonds. The third-order valence-corrected chi connectivity index (χ3v) is 1.07. The highest BCUT2D eigenvalue weighted by Crippen LogP contribution is 2.38. The van der Waals surface area contributed by atoms with Crippen molar-refractivity contribution in [3.8, 4) is 0 Å². The van der Waals surface area contributed by atoms with Crippen molar-refractivity contribution in [2.24, 2.45) is 0 Å². The van der Waals surface area contributed by atoms with E-state index in [2.05, 4.69) is 23.2 Å². The highest BCUT2D eigenvalue weighted by molar-refractivity contribution is 6.22. The van der Waals surface area contributed by atoms with E-state index in [9.17, 15) is 43.9 Å². The average molecular weight is 309 g/mol. The summed E-state index contributed by atoms with van der Waals surface area (Å²) in [7, 11) is 0. The minimum atomic E-state index is -5.63. The van der Waals surface area contributed by atoms with Crippen LogP contribution in [0, 0.1) is 0 Å². The Morgan fingerprint density at radius 2 is 0.500 bits per heavy atom. The fourth-order valence-electron chi connectivity index (χ4n) is 0. The molecule has 12 heteroatoms. The lowest BCUT2D eigenvalue weighted by Gasteiger charge is -2.10. The molecule has 0 saturated heterocycles. The monoisotopic (exact) mass is 308 g/mol. The number of hydrogen-bond donors (Lipinski definition) is 0. The van der Waals surface area contributed by atoms with Crippen LogP contribution in [0.4, 0.5) is 43.9 Å². The van der Waals surface area contributed by atoms with E-state index in [1.54, 1.807) is 0 Å². The van der Waals surface area contributed by atoms with Crippen molar-refractivity contribution in [2.75, 3.05) is 0 Å². The van der Waals surface area contributed by atoms with E-state index < -0.39 is 23.1 Å². The fraction of sp³-hybridized carbons (Fsp3) is 1.00. The van der Waals surface area contributed by atoms with Crippen LogP contribution in [0.5, 0.6) is 0 Å². The Morgan fingerprint density at radius 1 is 0.438 bits per heavy atom. The molecule has 0 aromatic rings. The molecule has 0 fully saturated rings. The van der Waals surface area contributed by atoms with Crippen molar-refractivity contribution in [2.45, 2.75) is 23.1 Å².